The molecule has 1 unspecified atom stereocenters. The Bertz CT molecular complexity index is 749. The van der Waals surface area contributed by atoms with Gasteiger partial charge in [-0.25, -0.2) is 9.97 Å². The van der Waals surface area contributed by atoms with E-state index in [1.54, 1.807) is 12.3 Å². The highest BCUT2D eigenvalue weighted by molar-refractivity contribution is 5.42. The van der Waals surface area contributed by atoms with Gasteiger partial charge in [0.25, 0.3) is 0 Å². The summed E-state index contributed by atoms with van der Waals surface area (Å²) in [7, 11) is 0. The van der Waals surface area contributed by atoms with Crippen LogP contribution in [0.3, 0.4) is 0 Å². The molecule has 24 heavy (non-hydrogen) atoms. The Morgan fingerprint density at radius 2 is 2.21 bits per heavy atom. The molecular weight excluding hydrogens is 304 g/mol. The summed E-state index contributed by atoms with van der Waals surface area (Å²) in [6.07, 6.45) is 7.06. The number of nitriles is 1. The second-order valence-electron chi connectivity index (χ2n) is 6.77. The maximum Gasteiger partial charge on any atom is 0.146 e. The molecule has 0 amide bonds. The summed E-state index contributed by atoms with van der Waals surface area (Å²) in [5, 5.41) is 27.1. The Labute approximate surface area is 140 Å². The van der Waals surface area contributed by atoms with Crippen LogP contribution in [0.25, 0.3) is 0 Å². The molecule has 0 radical (unpaired) electrons. The molecule has 0 saturated heterocycles. The number of nitrogens with zero attached hydrogens (tertiary/aromatic N) is 5. The molecule has 7 heteroatoms. The van der Waals surface area contributed by atoms with Crippen molar-refractivity contribution in [1.29, 1.82) is 5.26 Å². The number of nitrogens with one attached hydrogen (secondary N) is 1. The summed E-state index contributed by atoms with van der Waals surface area (Å²) in [5.41, 5.74) is 0.384. The third kappa shape index (κ3) is 3.24. The molecule has 7 nitrogen and oxygen atoms in total. The van der Waals surface area contributed by atoms with E-state index in [1.807, 2.05) is 16.9 Å². The number of aliphatic hydroxyl groups is 1. The van der Waals surface area contributed by atoms with E-state index in [9.17, 15) is 5.11 Å². The molecule has 2 aromatic heterocycles. The molecule has 2 N–H and O–H groups in total. The molecule has 2 aliphatic carbocycles. The Hall–Kier alpha value is -2.46. The van der Waals surface area contributed by atoms with Gasteiger partial charge in [0.05, 0.1) is 12.1 Å². The SMILES string of the molecule is N#Cc1cc(N[C@@H]2CC(Cn3cccn3)C[C@H]2O)nc(C2CC2)n1. The van der Waals surface area contributed by atoms with Gasteiger partial charge >= 0.3 is 0 Å². The van der Waals surface area contributed by atoms with E-state index in [0.29, 0.717) is 23.3 Å². The van der Waals surface area contributed by atoms with Gasteiger partial charge in [-0.15, -0.1) is 0 Å². The van der Waals surface area contributed by atoms with Crippen molar-refractivity contribution in [3.8, 4) is 6.07 Å². The van der Waals surface area contributed by atoms with Gasteiger partial charge in [0, 0.05) is 30.9 Å². The lowest BCUT2D eigenvalue weighted by atomic mass is 10.1. The zero-order chi connectivity index (χ0) is 16.5. The Morgan fingerprint density at radius 1 is 1.33 bits per heavy atom. The van der Waals surface area contributed by atoms with Crippen LogP contribution in [0, 0.1) is 17.2 Å². The van der Waals surface area contributed by atoms with Crippen LogP contribution in [0.1, 0.15) is 43.1 Å². The molecule has 2 heterocycles. The number of aliphatic hydroxyl groups excluding tert-OH is 1. The van der Waals surface area contributed by atoms with Crippen molar-refractivity contribution in [3.05, 3.63) is 36.0 Å². The highest BCUT2D eigenvalue weighted by Gasteiger charge is 2.34. The van der Waals surface area contributed by atoms with Crippen molar-refractivity contribution in [2.75, 3.05) is 5.32 Å². The van der Waals surface area contributed by atoms with E-state index in [4.69, 9.17) is 5.26 Å². The van der Waals surface area contributed by atoms with Crippen molar-refractivity contribution < 1.29 is 5.11 Å². The topological polar surface area (TPSA) is 99.7 Å². The first kappa shape index (κ1) is 15.1. The average molecular weight is 324 g/mol. The summed E-state index contributed by atoms with van der Waals surface area (Å²) in [6, 6.07) is 5.62. The highest BCUT2D eigenvalue weighted by atomic mass is 16.3. The monoisotopic (exact) mass is 324 g/mol. The number of anilines is 1. The van der Waals surface area contributed by atoms with Crippen LogP contribution in [0.15, 0.2) is 24.5 Å². The fourth-order valence-corrected chi connectivity index (χ4v) is 3.41. The maximum absolute atomic E-state index is 10.4. The number of hydrogen-bond acceptors (Lipinski definition) is 6. The van der Waals surface area contributed by atoms with Crippen LogP contribution in [0.2, 0.25) is 0 Å². The maximum atomic E-state index is 10.4. The number of aromatic nitrogens is 4. The quantitative estimate of drug-likeness (QED) is 0.868. The zero-order valence-corrected chi connectivity index (χ0v) is 13.3. The molecule has 0 aromatic carbocycles. The lowest BCUT2D eigenvalue weighted by Crippen LogP contribution is -2.28. The third-order valence-corrected chi connectivity index (χ3v) is 4.76. The Balaban J connectivity index is 1.45. The van der Waals surface area contributed by atoms with Gasteiger partial charge in [-0.1, -0.05) is 0 Å². The van der Waals surface area contributed by atoms with Crippen LogP contribution >= 0.6 is 0 Å². The van der Waals surface area contributed by atoms with Crippen molar-refractivity contribution in [2.45, 2.75) is 50.3 Å². The molecule has 124 valence electrons. The molecule has 2 aromatic rings. The largest absolute Gasteiger partial charge is 0.391 e. The highest BCUT2D eigenvalue weighted by Crippen LogP contribution is 2.38. The van der Waals surface area contributed by atoms with E-state index in [1.165, 1.54) is 0 Å². The molecule has 0 bridgehead atoms. The minimum Gasteiger partial charge on any atom is -0.391 e. The number of rotatable bonds is 5. The van der Waals surface area contributed by atoms with Crippen molar-refractivity contribution in [3.63, 3.8) is 0 Å². The molecular formula is C17H20N6O. The van der Waals surface area contributed by atoms with E-state index in [0.717, 1.165) is 38.1 Å². The van der Waals surface area contributed by atoms with Crippen molar-refractivity contribution in [1.82, 2.24) is 19.7 Å². The molecule has 4 rings (SSSR count). The lowest BCUT2D eigenvalue weighted by Gasteiger charge is -2.17. The number of hydrogen-bond donors (Lipinski definition) is 2. The zero-order valence-electron chi connectivity index (χ0n) is 13.3. The van der Waals surface area contributed by atoms with E-state index < -0.39 is 6.10 Å². The minimum atomic E-state index is -0.421. The lowest BCUT2D eigenvalue weighted by molar-refractivity contribution is 0.166. The fraction of sp³-hybridized carbons (Fsp3) is 0.529. The van der Waals surface area contributed by atoms with Crippen LogP contribution in [-0.2, 0) is 6.54 Å². The predicted molar refractivity (Wildman–Crippen MR) is 87.1 cm³/mol. The first-order valence-corrected chi connectivity index (χ1v) is 8.42. The van der Waals surface area contributed by atoms with Crippen molar-refractivity contribution in [2.24, 2.45) is 5.92 Å². The predicted octanol–water partition coefficient (Wildman–Crippen LogP) is 1.67. The second-order valence-corrected chi connectivity index (χ2v) is 6.77. The molecule has 2 saturated carbocycles. The van der Waals surface area contributed by atoms with E-state index >= 15 is 0 Å². The van der Waals surface area contributed by atoms with Gasteiger partial charge in [-0.3, -0.25) is 4.68 Å². The first-order chi connectivity index (χ1) is 11.7. The Kier molecular flexibility index (Phi) is 3.90. The van der Waals surface area contributed by atoms with Gasteiger partial charge in [0.2, 0.25) is 0 Å². The fourth-order valence-electron chi connectivity index (χ4n) is 3.41. The average Bonchev–Trinajstić information content (AvgIpc) is 3.22. The summed E-state index contributed by atoms with van der Waals surface area (Å²) in [6.45, 7) is 0.808. The van der Waals surface area contributed by atoms with Gasteiger partial charge in [-0.2, -0.15) is 10.4 Å². The summed E-state index contributed by atoms with van der Waals surface area (Å²) < 4.78 is 1.91. The van der Waals surface area contributed by atoms with Gasteiger partial charge in [0.1, 0.15) is 23.4 Å². The molecule has 2 aliphatic rings. The summed E-state index contributed by atoms with van der Waals surface area (Å²) in [5.74, 6) is 2.15. The van der Waals surface area contributed by atoms with Crippen LogP contribution in [0.4, 0.5) is 5.82 Å². The van der Waals surface area contributed by atoms with Crippen molar-refractivity contribution >= 4 is 5.82 Å². The first-order valence-electron chi connectivity index (χ1n) is 8.42. The second kappa shape index (κ2) is 6.21. The normalized spacial score (nSPS) is 26.2. The summed E-state index contributed by atoms with van der Waals surface area (Å²) >= 11 is 0. The van der Waals surface area contributed by atoms with Crippen LogP contribution < -0.4 is 5.32 Å². The van der Waals surface area contributed by atoms with E-state index in [-0.39, 0.29) is 6.04 Å². The van der Waals surface area contributed by atoms with E-state index in [2.05, 4.69) is 26.5 Å². The third-order valence-electron chi connectivity index (χ3n) is 4.76. The molecule has 0 spiro atoms. The van der Waals surface area contributed by atoms with Gasteiger partial charge in [-0.05, 0) is 37.7 Å². The van der Waals surface area contributed by atoms with Gasteiger partial charge in [0.15, 0.2) is 0 Å². The van der Waals surface area contributed by atoms with Crippen LogP contribution in [0.5, 0.6) is 0 Å². The van der Waals surface area contributed by atoms with Crippen LogP contribution in [-0.4, -0.2) is 37.0 Å². The molecule has 2 fully saturated rings. The standard InChI is InChI=1S/C17H20N6O/c18-9-13-8-16(22-17(20-13)12-2-3-12)21-14-6-11(7-15(14)24)10-23-5-1-4-19-23/h1,4-5,8,11-12,14-15,24H,2-3,6-7,10H2,(H,20,21,22)/t11?,14-,15-/m1/s1. The smallest absolute Gasteiger partial charge is 0.146 e. The molecule has 3 atom stereocenters. The summed E-state index contributed by atoms with van der Waals surface area (Å²) in [4.78, 5) is 8.83. The Morgan fingerprint density at radius 3 is 2.92 bits per heavy atom. The minimum absolute atomic E-state index is 0.0564. The van der Waals surface area contributed by atoms with Gasteiger partial charge < -0.3 is 10.4 Å². The molecule has 0 aliphatic heterocycles.